The van der Waals surface area contributed by atoms with E-state index in [0.29, 0.717) is 0 Å². The maximum Gasteiger partial charge on any atom is 0.0891 e. The number of benzene rings is 3. The molecular formula is C30H24N2. The summed E-state index contributed by atoms with van der Waals surface area (Å²) in [5.74, 6) is 0. The summed E-state index contributed by atoms with van der Waals surface area (Å²) in [5.41, 5.74) is 13.0. The van der Waals surface area contributed by atoms with Crippen LogP contribution in [0.25, 0.3) is 44.2 Å². The van der Waals surface area contributed by atoms with Gasteiger partial charge in [0.05, 0.1) is 16.7 Å². The van der Waals surface area contributed by atoms with Gasteiger partial charge in [0.25, 0.3) is 0 Å². The topological polar surface area (TPSA) is 8.17 Å². The fourth-order valence-corrected chi connectivity index (χ4v) is 4.88. The molecule has 0 amide bonds. The molecule has 2 heterocycles. The van der Waals surface area contributed by atoms with Gasteiger partial charge in [0, 0.05) is 29.1 Å². The number of nitrogens with zero attached hydrogens (tertiary/aromatic N) is 2. The Hall–Kier alpha value is -4.00. The lowest BCUT2D eigenvalue weighted by Crippen LogP contribution is -2.11. The number of aromatic nitrogens is 1. The molecule has 2 aliphatic rings. The highest BCUT2D eigenvalue weighted by Gasteiger charge is 2.16. The average molecular weight is 413 g/mol. The quantitative estimate of drug-likeness (QED) is 0.305. The van der Waals surface area contributed by atoms with Crippen LogP contribution in [-0.4, -0.2) is 11.6 Å². The molecule has 0 bridgehead atoms. The lowest BCUT2D eigenvalue weighted by molar-refractivity contribution is 1.03. The van der Waals surface area contributed by atoms with Gasteiger partial charge in [-0.1, -0.05) is 54.8 Å². The molecule has 4 aromatic rings. The van der Waals surface area contributed by atoms with Crippen LogP contribution < -0.4 is 4.90 Å². The molecule has 0 atom stereocenters. The van der Waals surface area contributed by atoms with Crippen molar-refractivity contribution in [1.29, 1.82) is 0 Å². The molecule has 0 N–H and O–H groups in total. The molecule has 6 rings (SSSR count). The van der Waals surface area contributed by atoms with Crippen molar-refractivity contribution < 1.29 is 0 Å². The molecule has 2 nitrogen and oxygen atoms in total. The Morgan fingerprint density at radius 2 is 1.72 bits per heavy atom. The summed E-state index contributed by atoms with van der Waals surface area (Å²) in [7, 11) is 2.11. The Bertz CT molecular complexity index is 1530. The first-order chi connectivity index (χ1) is 15.7. The highest BCUT2D eigenvalue weighted by Crippen LogP contribution is 2.38. The van der Waals surface area contributed by atoms with E-state index in [2.05, 4.69) is 108 Å². The van der Waals surface area contributed by atoms with Crippen molar-refractivity contribution in [3.05, 3.63) is 109 Å². The van der Waals surface area contributed by atoms with Gasteiger partial charge in [0.1, 0.15) is 0 Å². The first-order valence-electron chi connectivity index (χ1n) is 11.1. The van der Waals surface area contributed by atoms with Crippen LogP contribution in [0.1, 0.15) is 18.4 Å². The molecule has 2 heteroatoms. The first kappa shape index (κ1) is 18.7. The lowest BCUT2D eigenvalue weighted by atomic mass is 9.94. The van der Waals surface area contributed by atoms with E-state index >= 15 is 0 Å². The molecule has 0 unspecified atom stereocenters. The first-order valence-corrected chi connectivity index (χ1v) is 11.1. The van der Waals surface area contributed by atoms with E-state index < -0.39 is 0 Å². The molecule has 0 fully saturated rings. The number of anilines is 1. The number of allylic oxidation sites excluding steroid dienone is 5. The van der Waals surface area contributed by atoms with Gasteiger partial charge in [-0.2, -0.15) is 0 Å². The zero-order chi connectivity index (χ0) is 21.7. The van der Waals surface area contributed by atoms with E-state index in [0.717, 1.165) is 18.5 Å². The van der Waals surface area contributed by atoms with E-state index in [1.807, 2.05) is 12.2 Å². The fraction of sp³-hybridized carbons (Fsp3) is 0.100. The molecule has 0 spiro atoms. The van der Waals surface area contributed by atoms with Gasteiger partial charge in [-0.3, -0.25) is 0 Å². The summed E-state index contributed by atoms with van der Waals surface area (Å²) in [6, 6.07) is 22.2. The van der Waals surface area contributed by atoms with E-state index in [1.54, 1.807) is 0 Å². The van der Waals surface area contributed by atoms with Crippen molar-refractivity contribution in [2.45, 2.75) is 12.8 Å². The molecule has 32 heavy (non-hydrogen) atoms. The van der Waals surface area contributed by atoms with Crippen molar-refractivity contribution in [3.63, 3.8) is 0 Å². The van der Waals surface area contributed by atoms with Crippen molar-refractivity contribution in [2.24, 2.45) is 0 Å². The normalized spacial score (nSPS) is 16.3. The zero-order valence-corrected chi connectivity index (χ0v) is 18.2. The van der Waals surface area contributed by atoms with Gasteiger partial charge in [-0.05, 0) is 78.2 Å². The third-order valence-electron chi connectivity index (χ3n) is 6.53. The third kappa shape index (κ3) is 2.89. The summed E-state index contributed by atoms with van der Waals surface area (Å²) in [6.07, 6.45) is 12.5. The summed E-state index contributed by atoms with van der Waals surface area (Å²) in [6.45, 7) is 4.38. The predicted molar refractivity (Wildman–Crippen MR) is 138 cm³/mol. The summed E-state index contributed by atoms with van der Waals surface area (Å²) in [4.78, 5) is 2.19. The maximum atomic E-state index is 4.38. The molecule has 1 aliphatic heterocycles. The lowest BCUT2D eigenvalue weighted by Gasteiger charge is -2.23. The monoisotopic (exact) mass is 412 g/mol. The third-order valence-corrected chi connectivity index (χ3v) is 6.53. The Balaban J connectivity index is 1.55. The van der Waals surface area contributed by atoms with E-state index in [9.17, 15) is 0 Å². The van der Waals surface area contributed by atoms with E-state index in [4.69, 9.17) is 0 Å². The van der Waals surface area contributed by atoms with Gasteiger partial charge in [0.2, 0.25) is 0 Å². The van der Waals surface area contributed by atoms with Gasteiger partial charge >= 0.3 is 0 Å². The predicted octanol–water partition coefficient (Wildman–Crippen LogP) is 7.78. The van der Waals surface area contributed by atoms with Crippen LogP contribution in [0.3, 0.4) is 0 Å². The van der Waals surface area contributed by atoms with Crippen molar-refractivity contribution in [3.8, 4) is 11.1 Å². The minimum atomic E-state index is 0.990. The van der Waals surface area contributed by atoms with Gasteiger partial charge < -0.3 is 9.47 Å². The second-order valence-corrected chi connectivity index (χ2v) is 8.51. The second-order valence-electron chi connectivity index (χ2n) is 8.51. The second kappa shape index (κ2) is 7.30. The van der Waals surface area contributed by atoms with Crippen molar-refractivity contribution >= 4 is 38.8 Å². The SMILES string of the molecule is C=C1CC/C=C\N(C)c2ccc(-c3ccc4c(c3)c3ccccc3n4C3=C=CC=C3)cc21. The summed E-state index contributed by atoms with van der Waals surface area (Å²) < 4.78 is 2.30. The molecule has 0 saturated carbocycles. The largest absolute Gasteiger partial charge is 0.351 e. The van der Waals surface area contributed by atoms with Crippen LogP contribution in [-0.2, 0) is 0 Å². The highest BCUT2D eigenvalue weighted by atomic mass is 15.1. The Kier molecular flexibility index (Phi) is 4.28. The van der Waals surface area contributed by atoms with Crippen LogP contribution in [0.5, 0.6) is 0 Å². The molecule has 1 aliphatic carbocycles. The van der Waals surface area contributed by atoms with Gasteiger partial charge in [0.15, 0.2) is 0 Å². The number of fused-ring (bicyclic) bond motifs is 4. The zero-order valence-electron chi connectivity index (χ0n) is 18.2. The minimum absolute atomic E-state index is 0.990. The number of hydrogen-bond donors (Lipinski definition) is 0. The molecule has 3 aromatic carbocycles. The number of para-hydroxylation sites is 1. The van der Waals surface area contributed by atoms with Crippen molar-refractivity contribution in [1.82, 2.24) is 4.57 Å². The van der Waals surface area contributed by atoms with Crippen molar-refractivity contribution in [2.75, 3.05) is 11.9 Å². The summed E-state index contributed by atoms with van der Waals surface area (Å²) >= 11 is 0. The van der Waals surface area contributed by atoms with Crippen LogP contribution >= 0.6 is 0 Å². The average Bonchev–Trinajstić information content (AvgIpc) is 3.46. The maximum absolute atomic E-state index is 4.38. The standard InChI is InChI=1S/C30H24N2/c1-21-9-7-8-18-31(2)28-16-14-22(19-26(21)28)23-15-17-30-27(20-23)25-12-5-6-13-29(25)32(30)24-10-3-4-11-24/h3-6,8,10,12-20H,1,7,9H2,2H3/b18-8-. The van der Waals surface area contributed by atoms with Crippen LogP contribution in [0.15, 0.2) is 103 Å². The Morgan fingerprint density at radius 1 is 0.906 bits per heavy atom. The highest BCUT2D eigenvalue weighted by molar-refractivity contribution is 6.11. The minimum Gasteiger partial charge on any atom is -0.351 e. The van der Waals surface area contributed by atoms with Crippen LogP contribution in [0, 0.1) is 0 Å². The summed E-state index contributed by atoms with van der Waals surface area (Å²) in [5, 5.41) is 2.53. The number of hydrogen-bond acceptors (Lipinski definition) is 1. The fourth-order valence-electron chi connectivity index (χ4n) is 4.88. The van der Waals surface area contributed by atoms with Crippen LogP contribution in [0.4, 0.5) is 5.69 Å². The number of rotatable bonds is 2. The molecule has 0 saturated heterocycles. The van der Waals surface area contributed by atoms with E-state index in [1.165, 1.54) is 49.8 Å². The molecule has 154 valence electrons. The Labute approximate surface area is 188 Å². The van der Waals surface area contributed by atoms with Gasteiger partial charge in [-0.15, -0.1) is 0 Å². The molecule has 0 radical (unpaired) electrons. The van der Waals surface area contributed by atoms with Gasteiger partial charge in [-0.25, -0.2) is 0 Å². The molecular weight excluding hydrogens is 388 g/mol. The Morgan fingerprint density at radius 3 is 2.59 bits per heavy atom. The molecule has 1 aromatic heterocycles. The van der Waals surface area contributed by atoms with Crippen LogP contribution in [0.2, 0.25) is 0 Å². The van der Waals surface area contributed by atoms with E-state index in [-0.39, 0.29) is 0 Å². The smallest absolute Gasteiger partial charge is 0.0891 e.